The van der Waals surface area contributed by atoms with Gasteiger partial charge >= 0.3 is 0 Å². The fraction of sp³-hybridized carbons (Fsp3) is 0.526. The molecule has 1 atom stereocenters. The van der Waals surface area contributed by atoms with Gasteiger partial charge in [-0.05, 0) is 58.6 Å². The van der Waals surface area contributed by atoms with Crippen LogP contribution in [0.3, 0.4) is 0 Å². The Hall–Kier alpha value is -2.37. The van der Waals surface area contributed by atoms with Gasteiger partial charge in [0.2, 0.25) is 5.88 Å². The number of fused-ring (bicyclic) bond motifs is 1. The highest BCUT2D eigenvalue weighted by Gasteiger charge is 2.24. The van der Waals surface area contributed by atoms with Gasteiger partial charge in [-0.2, -0.15) is 5.10 Å². The minimum atomic E-state index is -0.158. The molecular weight excluding hydrogens is 316 g/mol. The number of aryl methyl sites for hydroxylation is 4. The molecule has 0 spiro atoms. The lowest BCUT2D eigenvalue weighted by atomic mass is 10.1. The van der Waals surface area contributed by atoms with E-state index in [0.717, 1.165) is 54.0 Å². The number of nitrogens with zero attached hydrogens (tertiary/aromatic N) is 3. The van der Waals surface area contributed by atoms with Crippen molar-refractivity contribution in [1.29, 1.82) is 0 Å². The molecule has 0 radical (unpaired) electrons. The van der Waals surface area contributed by atoms with Crippen molar-refractivity contribution in [3.63, 3.8) is 0 Å². The molecule has 1 aliphatic carbocycles. The van der Waals surface area contributed by atoms with Gasteiger partial charge in [0.05, 0.1) is 18.8 Å². The first-order chi connectivity index (χ1) is 12.0. The Balaban J connectivity index is 1.86. The number of ether oxygens (including phenoxy) is 1. The van der Waals surface area contributed by atoms with E-state index in [1.54, 1.807) is 7.11 Å². The minimum absolute atomic E-state index is 0.134. The molecule has 0 saturated carbocycles. The first-order valence-corrected chi connectivity index (χ1v) is 8.87. The lowest BCUT2D eigenvalue weighted by molar-refractivity contribution is 0.0936. The van der Waals surface area contributed by atoms with Crippen molar-refractivity contribution < 1.29 is 9.53 Å². The second-order valence-corrected chi connectivity index (χ2v) is 6.60. The summed E-state index contributed by atoms with van der Waals surface area (Å²) in [5.74, 6) is 0.248. The quantitative estimate of drug-likeness (QED) is 0.907. The van der Waals surface area contributed by atoms with Crippen LogP contribution in [0, 0.1) is 13.8 Å². The second kappa shape index (κ2) is 6.86. The van der Waals surface area contributed by atoms with Gasteiger partial charge in [0.15, 0.2) is 0 Å². The molecule has 0 bridgehead atoms. The van der Waals surface area contributed by atoms with Crippen molar-refractivity contribution in [2.24, 2.45) is 0 Å². The number of hydrogen-bond donors (Lipinski definition) is 1. The number of nitrogens with one attached hydrogen (secondary N) is 1. The number of hydrogen-bond acceptors (Lipinski definition) is 4. The van der Waals surface area contributed by atoms with Crippen LogP contribution in [-0.4, -0.2) is 27.8 Å². The van der Waals surface area contributed by atoms with Gasteiger partial charge in [-0.25, -0.2) is 4.98 Å². The molecular formula is C19H26N4O2. The van der Waals surface area contributed by atoms with E-state index in [9.17, 15) is 4.79 Å². The molecule has 1 N–H and O–H groups in total. The fourth-order valence-corrected chi connectivity index (χ4v) is 3.76. The smallest absolute Gasteiger partial charge is 0.257 e. The Morgan fingerprint density at radius 1 is 1.40 bits per heavy atom. The van der Waals surface area contributed by atoms with E-state index in [1.165, 1.54) is 0 Å². The number of methoxy groups -OCH3 is 1. The number of aromatic nitrogens is 3. The van der Waals surface area contributed by atoms with Crippen molar-refractivity contribution in [3.8, 4) is 5.88 Å². The number of carbonyl (C=O) groups excluding carboxylic acids is 1. The monoisotopic (exact) mass is 342 g/mol. The third-order valence-electron chi connectivity index (χ3n) is 4.97. The molecule has 6 heteroatoms. The van der Waals surface area contributed by atoms with Crippen molar-refractivity contribution in [3.05, 3.63) is 39.8 Å². The molecule has 0 saturated heterocycles. The van der Waals surface area contributed by atoms with Crippen LogP contribution in [0.1, 0.15) is 64.9 Å². The van der Waals surface area contributed by atoms with Crippen molar-refractivity contribution >= 4 is 5.91 Å². The third kappa shape index (κ3) is 3.13. The summed E-state index contributed by atoms with van der Waals surface area (Å²) in [5.41, 5.74) is 5.83. The highest BCUT2D eigenvalue weighted by molar-refractivity contribution is 5.97. The van der Waals surface area contributed by atoms with E-state index >= 15 is 0 Å². The minimum Gasteiger partial charge on any atom is -0.480 e. The Bertz CT molecular complexity index is 810. The molecule has 1 aliphatic rings. The van der Waals surface area contributed by atoms with E-state index < -0.39 is 0 Å². The van der Waals surface area contributed by atoms with Crippen LogP contribution in [0.2, 0.25) is 0 Å². The van der Waals surface area contributed by atoms with Gasteiger partial charge in [0.1, 0.15) is 5.56 Å². The summed E-state index contributed by atoms with van der Waals surface area (Å²) in [6, 6.07) is 1.80. The van der Waals surface area contributed by atoms with Crippen LogP contribution in [0.25, 0.3) is 0 Å². The molecule has 3 rings (SSSR count). The molecule has 2 aromatic rings. The van der Waals surface area contributed by atoms with Gasteiger partial charge in [-0.3, -0.25) is 9.48 Å². The summed E-state index contributed by atoms with van der Waals surface area (Å²) >= 11 is 0. The van der Waals surface area contributed by atoms with Crippen molar-refractivity contribution in [2.75, 3.05) is 7.11 Å². The number of rotatable bonds is 5. The molecule has 0 aliphatic heterocycles. The molecule has 2 heterocycles. The Labute approximate surface area is 148 Å². The summed E-state index contributed by atoms with van der Waals surface area (Å²) in [6.45, 7) is 8.89. The molecule has 25 heavy (non-hydrogen) atoms. The Kier molecular flexibility index (Phi) is 4.79. The van der Waals surface area contributed by atoms with Crippen molar-refractivity contribution in [1.82, 2.24) is 20.1 Å². The van der Waals surface area contributed by atoms with Crippen molar-refractivity contribution in [2.45, 2.75) is 59.5 Å². The van der Waals surface area contributed by atoms with Gasteiger partial charge < -0.3 is 10.1 Å². The molecule has 1 amide bonds. The molecule has 1 unspecified atom stereocenters. The molecule has 0 aromatic carbocycles. The first-order valence-electron chi connectivity index (χ1n) is 8.87. The van der Waals surface area contributed by atoms with Crippen LogP contribution in [0.5, 0.6) is 5.88 Å². The lowest BCUT2D eigenvalue weighted by Gasteiger charge is -2.16. The van der Waals surface area contributed by atoms with Gasteiger partial charge in [-0.15, -0.1) is 0 Å². The first kappa shape index (κ1) is 17.5. The fourth-order valence-electron chi connectivity index (χ4n) is 3.76. The maximum absolute atomic E-state index is 12.8. The molecule has 2 aromatic heterocycles. The third-order valence-corrected chi connectivity index (χ3v) is 4.97. The molecule has 134 valence electrons. The van der Waals surface area contributed by atoms with Crippen LogP contribution < -0.4 is 10.1 Å². The zero-order chi connectivity index (χ0) is 18.1. The zero-order valence-corrected chi connectivity index (χ0v) is 15.6. The highest BCUT2D eigenvalue weighted by atomic mass is 16.5. The maximum Gasteiger partial charge on any atom is 0.257 e. The number of pyridine rings is 1. The maximum atomic E-state index is 12.8. The van der Waals surface area contributed by atoms with E-state index in [2.05, 4.69) is 22.3 Å². The SMILES string of the molecule is CCn1nc(C)c(C(C)NC(=O)c2cc3c(nc2OC)CCC3)c1C. The summed E-state index contributed by atoms with van der Waals surface area (Å²) in [4.78, 5) is 17.4. The summed E-state index contributed by atoms with van der Waals surface area (Å²) in [7, 11) is 1.56. The predicted octanol–water partition coefficient (Wildman–Crippen LogP) is 2.90. The van der Waals surface area contributed by atoms with E-state index in [0.29, 0.717) is 11.4 Å². The second-order valence-electron chi connectivity index (χ2n) is 6.60. The van der Waals surface area contributed by atoms with Gasteiger partial charge in [0, 0.05) is 23.5 Å². The number of carbonyl (C=O) groups is 1. The lowest BCUT2D eigenvalue weighted by Crippen LogP contribution is -2.28. The standard InChI is InChI=1S/C19H26N4O2/c1-6-23-13(4)17(12(3)22-23)11(2)20-18(24)15-10-14-8-7-9-16(14)21-19(15)25-5/h10-11H,6-9H2,1-5H3,(H,20,24). The number of amides is 1. The molecule has 0 fully saturated rings. The average Bonchev–Trinajstić information content (AvgIpc) is 3.16. The highest BCUT2D eigenvalue weighted by Crippen LogP contribution is 2.27. The van der Waals surface area contributed by atoms with Crippen LogP contribution in [-0.2, 0) is 19.4 Å². The molecule has 6 nitrogen and oxygen atoms in total. The van der Waals surface area contributed by atoms with Gasteiger partial charge in [-0.1, -0.05) is 0 Å². The van der Waals surface area contributed by atoms with E-state index in [4.69, 9.17) is 4.74 Å². The summed E-state index contributed by atoms with van der Waals surface area (Å²) in [5, 5.41) is 7.62. The van der Waals surface area contributed by atoms with E-state index in [1.807, 2.05) is 31.5 Å². The van der Waals surface area contributed by atoms with E-state index in [-0.39, 0.29) is 11.9 Å². The zero-order valence-electron chi connectivity index (χ0n) is 15.6. The van der Waals surface area contributed by atoms with Crippen LogP contribution in [0.4, 0.5) is 0 Å². The Morgan fingerprint density at radius 3 is 2.80 bits per heavy atom. The van der Waals surface area contributed by atoms with Gasteiger partial charge in [0.25, 0.3) is 5.91 Å². The Morgan fingerprint density at radius 2 is 2.16 bits per heavy atom. The topological polar surface area (TPSA) is 69.0 Å². The summed E-state index contributed by atoms with van der Waals surface area (Å²) in [6.07, 6.45) is 3.02. The van der Waals surface area contributed by atoms with Crippen LogP contribution >= 0.6 is 0 Å². The predicted molar refractivity (Wildman–Crippen MR) is 96.1 cm³/mol. The van der Waals surface area contributed by atoms with Crippen LogP contribution in [0.15, 0.2) is 6.07 Å². The summed E-state index contributed by atoms with van der Waals surface area (Å²) < 4.78 is 7.32. The normalized spacial score (nSPS) is 14.3. The largest absolute Gasteiger partial charge is 0.480 e. The average molecular weight is 342 g/mol.